The molecule has 4 atom stereocenters. The van der Waals surface area contributed by atoms with Gasteiger partial charge in [0.05, 0.1) is 51.1 Å². The third-order valence-corrected chi connectivity index (χ3v) is 7.32. The first kappa shape index (κ1) is 35.6. The molecule has 8 N–H and O–H groups in total. The molecule has 0 radical (unpaired) electrons. The third-order valence-electron chi connectivity index (χ3n) is 5.88. The van der Waals surface area contributed by atoms with Gasteiger partial charge in [0.1, 0.15) is 26.7 Å². The summed E-state index contributed by atoms with van der Waals surface area (Å²) in [4.78, 5) is 44.9. The van der Waals surface area contributed by atoms with Gasteiger partial charge in [-0.1, -0.05) is 18.2 Å². The van der Waals surface area contributed by atoms with Crippen molar-refractivity contribution in [3.63, 3.8) is 0 Å². The van der Waals surface area contributed by atoms with Crippen LogP contribution in [0.3, 0.4) is 0 Å². The van der Waals surface area contributed by atoms with Crippen molar-refractivity contribution in [1.29, 1.82) is 0 Å². The van der Waals surface area contributed by atoms with Gasteiger partial charge in [0.2, 0.25) is 0 Å². The van der Waals surface area contributed by atoms with Crippen LogP contribution in [0, 0.1) is 0 Å². The quantitative estimate of drug-likeness (QED) is 0.0789. The Hall–Kier alpha value is -1.38. The first-order valence-corrected chi connectivity index (χ1v) is 14.8. The molecule has 0 saturated carbocycles. The van der Waals surface area contributed by atoms with Gasteiger partial charge in [-0.05, 0) is 29.3 Å². The molecule has 4 unspecified atom stereocenters. The van der Waals surface area contributed by atoms with Crippen LogP contribution in [-0.2, 0) is 52.5 Å². The minimum Gasteiger partial charge on any atom is -0.778 e. The van der Waals surface area contributed by atoms with Crippen molar-refractivity contribution in [3.05, 3.63) is 58.7 Å². The number of hydrogen-bond acceptors (Lipinski definition) is 12. The Morgan fingerprint density at radius 3 is 1.54 bits per heavy atom. The van der Waals surface area contributed by atoms with Gasteiger partial charge in [0.15, 0.2) is 0 Å². The van der Waals surface area contributed by atoms with Gasteiger partial charge >= 0.3 is 17.1 Å². The number of phenols is 2. The first-order chi connectivity index (χ1) is 17.7. The van der Waals surface area contributed by atoms with Crippen molar-refractivity contribution in [2.75, 3.05) is 25.8 Å². The van der Waals surface area contributed by atoms with Crippen LogP contribution < -0.4 is 9.79 Å². The molecule has 0 fully saturated rings. The summed E-state index contributed by atoms with van der Waals surface area (Å²) in [6.07, 6.45) is -2.14. The number of benzene rings is 2. The van der Waals surface area contributed by atoms with Crippen molar-refractivity contribution < 1.29 is 76.4 Å². The minimum absolute atomic E-state index is 0. The van der Waals surface area contributed by atoms with E-state index in [4.69, 9.17) is 0 Å². The maximum atomic E-state index is 11.9. The predicted molar refractivity (Wildman–Crippen MR) is 130 cm³/mol. The van der Waals surface area contributed by atoms with E-state index in [-0.39, 0.29) is 46.3 Å². The van der Waals surface area contributed by atoms with E-state index in [0.29, 0.717) is 11.1 Å². The predicted octanol–water partition coefficient (Wildman–Crippen LogP) is -1.89. The molecule has 0 spiro atoms. The summed E-state index contributed by atoms with van der Waals surface area (Å²) in [5.41, 5.74) is 0.941. The number of rotatable bonds is 15. The second-order valence-corrected chi connectivity index (χ2v) is 11.9. The average Bonchev–Trinajstić information content (AvgIpc) is 2.82. The van der Waals surface area contributed by atoms with E-state index in [1.54, 1.807) is 0 Å². The van der Waals surface area contributed by atoms with Crippen molar-refractivity contribution in [2.24, 2.45) is 0 Å². The van der Waals surface area contributed by atoms with Crippen LogP contribution >= 0.6 is 15.2 Å². The van der Waals surface area contributed by atoms with Crippen LogP contribution in [0.4, 0.5) is 0 Å². The van der Waals surface area contributed by atoms with Crippen LogP contribution in [0.25, 0.3) is 0 Å². The Balaban J connectivity index is 0.00000760. The second-order valence-electron chi connectivity index (χ2n) is 8.79. The third kappa shape index (κ3) is 11.2. The summed E-state index contributed by atoms with van der Waals surface area (Å²) < 4.78 is 23.7. The summed E-state index contributed by atoms with van der Waals surface area (Å²) in [6.45, 7) is -3.35. The van der Waals surface area contributed by atoms with Crippen LogP contribution in [0.2, 0.25) is 0 Å². The average molecular weight is 634 g/mol. The number of hydrogen-bond donors (Lipinski definition) is 8. The monoisotopic (exact) mass is 634 g/mol. The van der Waals surface area contributed by atoms with E-state index < -0.39 is 72.8 Å². The SMILES string of the molecule is O=P([O-])(O)CN(Cc1ccc(CO)cc1O)C(CO)C(CO)N(Cc1cc(CO)ccc1O)CP(=O)([O-])O.[Fe+2]. The smallest absolute Gasteiger partial charge is 0.778 e. The Kier molecular flexibility index (Phi) is 14.2. The maximum Gasteiger partial charge on any atom is 2.00 e. The van der Waals surface area contributed by atoms with Gasteiger partial charge in [0.25, 0.3) is 0 Å². The molecule has 0 saturated heterocycles. The van der Waals surface area contributed by atoms with Crippen LogP contribution in [0.15, 0.2) is 36.4 Å². The molecule has 0 heterocycles. The van der Waals surface area contributed by atoms with Crippen molar-refractivity contribution >= 4 is 15.2 Å². The summed E-state index contributed by atoms with van der Waals surface area (Å²) in [7, 11) is -10.1. The molecule has 220 valence electrons. The molecule has 0 aromatic heterocycles. The molecule has 0 aliphatic carbocycles. The molecule has 14 nitrogen and oxygen atoms in total. The molecule has 0 bridgehead atoms. The van der Waals surface area contributed by atoms with E-state index in [0.717, 1.165) is 9.80 Å². The van der Waals surface area contributed by atoms with Crippen LogP contribution in [-0.4, -0.2) is 88.1 Å². The molecule has 2 aromatic carbocycles. The zero-order valence-electron chi connectivity index (χ0n) is 20.6. The normalized spacial score (nSPS) is 16.4. The summed E-state index contributed by atoms with van der Waals surface area (Å²) >= 11 is 0. The Morgan fingerprint density at radius 2 is 1.13 bits per heavy atom. The zero-order chi connectivity index (χ0) is 28.7. The van der Waals surface area contributed by atoms with Crippen LogP contribution in [0.5, 0.6) is 11.5 Å². The summed E-state index contributed by atoms with van der Waals surface area (Å²) in [5, 5.41) is 59.7. The van der Waals surface area contributed by atoms with Gasteiger partial charge in [-0.25, -0.2) is 0 Å². The van der Waals surface area contributed by atoms with Gasteiger partial charge in [-0.2, -0.15) is 0 Å². The molecule has 0 aliphatic rings. The molecule has 2 aromatic rings. The molecule has 17 heteroatoms. The Labute approximate surface area is 235 Å². The number of aromatic hydroxyl groups is 2. The van der Waals surface area contributed by atoms with Crippen molar-refractivity contribution in [3.8, 4) is 11.5 Å². The summed E-state index contributed by atoms with van der Waals surface area (Å²) in [5.74, 6) is -0.632. The largest absolute Gasteiger partial charge is 2.00 e. The molecule has 2 rings (SSSR count). The van der Waals surface area contributed by atoms with E-state index >= 15 is 0 Å². The zero-order valence-corrected chi connectivity index (χ0v) is 23.5. The number of nitrogens with zero attached hydrogens (tertiary/aromatic N) is 2. The fourth-order valence-electron chi connectivity index (χ4n) is 4.11. The van der Waals surface area contributed by atoms with Gasteiger partial charge in [-0.15, -0.1) is 0 Å². The number of phenolic OH excluding ortho intramolecular Hbond substituents is 2. The van der Waals surface area contributed by atoms with Crippen molar-refractivity contribution in [1.82, 2.24) is 9.80 Å². The molecule has 0 amide bonds. The van der Waals surface area contributed by atoms with Gasteiger partial charge < -0.3 is 59.3 Å². The fraction of sp³-hybridized carbons (Fsp3) is 0.455. The first-order valence-electron chi connectivity index (χ1n) is 11.3. The topological polar surface area (TPSA) is 249 Å². The molecular formula is C22H32FeN2O12P2. The second kappa shape index (κ2) is 15.6. The van der Waals surface area contributed by atoms with Gasteiger partial charge in [0, 0.05) is 24.2 Å². The summed E-state index contributed by atoms with van der Waals surface area (Å²) in [6, 6.07) is 5.29. The molecule has 39 heavy (non-hydrogen) atoms. The molecular weight excluding hydrogens is 602 g/mol. The number of aliphatic hydroxyl groups is 4. The van der Waals surface area contributed by atoms with Crippen LogP contribution in [0.1, 0.15) is 22.3 Å². The van der Waals surface area contributed by atoms with E-state index in [1.165, 1.54) is 36.4 Å². The van der Waals surface area contributed by atoms with Crippen molar-refractivity contribution in [2.45, 2.75) is 38.4 Å². The van der Waals surface area contributed by atoms with E-state index in [9.17, 15) is 59.3 Å². The fourth-order valence-corrected chi connectivity index (χ4v) is 5.65. The standard InChI is InChI=1S/C22H34N2O12P2.Fe/c25-9-15-2-4-21(29)18(5-15)8-24(14-38(34,35)36)20(12-28)19(11-27)23(13-37(31,32)33)7-17-3-1-16(10-26)6-22(17)30;/h1-6,19-20,25-30H,7-14H2,(H2,31,32,33)(H2,34,35,36);/q;+2/p-2. The maximum absolute atomic E-state index is 11.9. The molecule has 0 aliphatic heterocycles. The Bertz CT molecular complexity index is 1160. The van der Waals surface area contributed by atoms with E-state index in [2.05, 4.69) is 0 Å². The van der Waals surface area contributed by atoms with Gasteiger partial charge in [-0.3, -0.25) is 9.80 Å². The Morgan fingerprint density at radius 1 is 0.692 bits per heavy atom. The van der Waals surface area contributed by atoms with E-state index in [1.807, 2.05) is 0 Å². The number of aliphatic hydroxyl groups excluding tert-OH is 4. The minimum atomic E-state index is -5.06.